The number of rotatable bonds is 5. The van der Waals surface area contributed by atoms with E-state index in [1.165, 1.54) is 5.56 Å². The Labute approximate surface area is 165 Å². The monoisotopic (exact) mass is 378 g/mol. The molecule has 1 fully saturated rings. The number of carbonyl (C=O) groups excluding carboxylic acids is 1. The Hall–Kier alpha value is -2.66. The van der Waals surface area contributed by atoms with Gasteiger partial charge >= 0.3 is 0 Å². The highest BCUT2D eigenvalue weighted by Crippen LogP contribution is 2.23. The number of hydrogen-bond donors (Lipinski definition) is 1. The highest BCUT2D eigenvalue weighted by atomic mass is 16.6. The molecular formula is C23H26N2O3. The summed E-state index contributed by atoms with van der Waals surface area (Å²) in [6, 6.07) is 18.1. The van der Waals surface area contributed by atoms with Crippen molar-refractivity contribution in [2.24, 2.45) is 11.1 Å². The van der Waals surface area contributed by atoms with Gasteiger partial charge in [0.25, 0.3) is 5.91 Å². The molecule has 2 aromatic rings. The van der Waals surface area contributed by atoms with Crippen LogP contribution in [0.15, 0.2) is 59.8 Å². The number of oxime groups is 1. The van der Waals surface area contributed by atoms with Crippen molar-refractivity contribution in [3.8, 4) is 0 Å². The Balaban J connectivity index is 1.31. The lowest BCUT2D eigenvalue weighted by molar-refractivity contribution is 0.0390. The predicted molar refractivity (Wildman–Crippen MR) is 108 cm³/mol. The molecule has 5 heteroatoms. The number of aliphatic hydroxyl groups excluding tert-OH is 1. The lowest BCUT2D eigenvalue weighted by Crippen LogP contribution is -2.38. The van der Waals surface area contributed by atoms with E-state index in [-0.39, 0.29) is 18.6 Å². The maximum atomic E-state index is 12.8. The second kappa shape index (κ2) is 8.57. The van der Waals surface area contributed by atoms with E-state index in [9.17, 15) is 4.79 Å². The van der Waals surface area contributed by atoms with E-state index < -0.39 is 0 Å². The molecule has 2 heterocycles. The van der Waals surface area contributed by atoms with Crippen molar-refractivity contribution < 1.29 is 14.7 Å². The van der Waals surface area contributed by atoms with Crippen LogP contribution in [0.5, 0.6) is 0 Å². The zero-order chi connectivity index (χ0) is 19.3. The topological polar surface area (TPSA) is 62.1 Å². The smallest absolute Gasteiger partial charge is 0.253 e. The van der Waals surface area contributed by atoms with Gasteiger partial charge in [0.05, 0.1) is 12.3 Å². The van der Waals surface area contributed by atoms with Crippen LogP contribution < -0.4 is 0 Å². The number of hydrogen-bond acceptors (Lipinski definition) is 4. The average molecular weight is 378 g/mol. The fourth-order valence-electron chi connectivity index (χ4n) is 3.97. The molecule has 0 aromatic heterocycles. The van der Waals surface area contributed by atoms with Crippen molar-refractivity contribution in [2.75, 3.05) is 19.7 Å². The van der Waals surface area contributed by atoms with Gasteiger partial charge in [-0.05, 0) is 48.4 Å². The molecule has 0 bridgehead atoms. The Morgan fingerprint density at radius 2 is 1.79 bits per heavy atom. The fourth-order valence-corrected chi connectivity index (χ4v) is 3.97. The molecule has 0 spiro atoms. The maximum Gasteiger partial charge on any atom is 0.253 e. The molecule has 0 radical (unpaired) electrons. The molecule has 1 saturated heterocycles. The molecule has 5 nitrogen and oxygen atoms in total. The second-order valence-corrected chi connectivity index (χ2v) is 7.65. The molecule has 2 aromatic carbocycles. The summed E-state index contributed by atoms with van der Waals surface area (Å²) in [5.41, 5.74) is 3.85. The van der Waals surface area contributed by atoms with E-state index in [4.69, 9.17) is 9.94 Å². The van der Waals surface area contributed by atoms with Crippen molar-refractivity contribution in [1.82, 2.24) is 4.90 Å². The van der Waals surface area contributed by atoms with Crippen molar-refractivity contribution in [3.05, 3.63) is 71.3 Å². The predicted octanol–water partition coefficient (Wildman–Crippen LogP) is 3.27. The molecular weight excluding hydrogens is 352 g/mol. The van der Waals surface area contributed by atoms with E-state index in [0.29, 0.717) is 17.9 Å². The molecule has 2 aliphatic heterocycles. The molecule has 0 aliphatic carbocycles. The van der Waals surface area contributed by atoms with Crippen LogP contribution in [0.3, 0.4) is 0 Å². The molecule has 1 amide bonds. The van der Waals surface area contributed by atoms with Gasteiger partial charge in [-0.2, -0.15) is 0 Å². The van der Waals surface area contributed by atoms with Gasteiger partial charge in [-0.25, -0.2) is 0 Å². The van der Waals surface area contributed by atoms with Crippen molar-refractivity contribution >= 4 is 11.6 Å². The summed E-state index contributed by atoms with van der Waals surface area (Å²) in [5, 5.41) is 13.2. The number of benzene rings is 2. The standard InChI is InChI=1S/C23H26N2O3/c26-16-21-15-22(24-28-21)19-6-8-20(9-7-19)23(27)25-12-10-18(11-13-25)14-17-4-2-1-3-5-17/h1-9,18,21,26H,10-16H2. The van der Waals surface area contributed by atoms with E-state index in [1.807, 2.05) is 35.2 Å². The van der Waals surface area contributed by atoms with Crippen LogP contribution >= 0.6 is 0 Å². The first-order chi connectivity index (χ1) is 13.7. The molecule has 4 rings (SSSR count). The Kier molecular flexibility index (Phi) is 5.72. The zero-order valence-corrected chi connectivity index (χ0v) is 16.0. The third kappa shape index (κ3) is 4.25. The maximum absolute atomic E-state index is 12.8. The molecule has 1 unspecified atom stereocenters. The van der Waals surface area contributed by atoms with Gasteiger partial charge in [0.1, 0.15) is 0 Å². The Morgan fingerprint density at radius 3 is 2.43 bits per heavy atom. The largest absolute Gasteiger partial charge is 0.392 e. The van der Waals surface area contributed by atoms with Crippen LogP contribution in [0.4, 0.5) is 0 Å². The molecule has 146 valence electrons. The molecule has 1 atom stereocenters. The normalized spacial score (nSPS) is 20.0. The molecule has 0 saturated carbocycles. The quantitative estimate of drug-likeness (QED) is 0.869. The van der Waals surface area contributed by atoms with Crippen LogP contribution in [0.25, 0.3) is 0 Å². The number of amides is 1. The number of piperidine rings is 1. The zero-order valence-electron chi connectivity index (χ0n) is 16.0. The highest BCUT2D eigenvalue weighted by molar-refractivity contribution is 6.02. The lowest BCUT2D eigenvalue weighted by atomic mass is 9.90. The summed E-state index contributed by atoms with van der Waals surface area (Å²) in [4.78, 5) is 20.0. The first-order valence-corrected chi connectivity index (χ1v) is 10.00. The average Bonchev–Trinajstić information content (AvgIpc) is 3.24. The van der Waals surface area contributed by atoms with Gasteiger partial charge in [0, 0.05) is 25.1 Å². The summed E-state index contributed by atoms with van der Waals surface area (Å²) in [7, 11) is 0. The second-order valence-electron chi connectivity index (χ2n) is 7.65. The van der Waals surface area contributed by atoms with E-state index in [2.05, 4.69) is 29.4 Å². The summed E-state index contributed by atoms with van der Waals surface area (Å²) < 4.78 is 0. The Morgan fingerprint density at radius 1 is 1.07 bits per heavy atom. The SMILES string of the molecule is O=C(c1ccc(C2=NOC(CO)C2)cc1)N1CCC(Cc2ccccc2)CC1. The Bertz CT molecular complexity index is 825. The summed E-state index contributed by atoms with van der Waals surface area (Å²) >= 11 is 0. The number of aliphatic hydroxyl groups is 1. The van der Waals surface area contributed by atoms with Crippen molar-refractivity contribution in [3.63, 3.8) is 0 Å². The van der Waals surface area contributed by atoms with Crippen molar-refractivity contribution in [2.45, 2.75) is 31.8 Å². The van der Waals surface area contributed by atoms with E-state index in [0.717, 1.165) is 43.6 Å². The van der Waals surface area contributed by atoms with E-state index in [1.54, 1.807) is 0 Å². The van der Waals surface area contributed by atoms with E-state index >= 15 is 0 Å². The summed E-state index contributed by atoms with van der Waals surface area (Å²) in [6.07, 6.45) is 3.54. The summed E-state index contributed by atoms with van der Waals surface area (Å²) in [6.45, 7) is 1.59. The van der Waals surface area contributed by atoms with Gasteiger partial charge in [0.2, 0.25) is 0 Å². The van der Waals surface area contributed by atoms with Crippen LogP contribution in [-0.4, -0.2) is 47.4 Å². The van der Waals surface area contributed by atoms with Gasteiger partial charge < -0.3 is 14.8 Å². The van der Waals surface area contributed by atoms with Gasteiger partial charge in [0.15, 0.2) is 6.10 Å². The number of likely N-dealkylation sites (tertiary alicyclic amines) is 1. The molecule has 2 aliphatic rings. The van der Waals surface area contributed by atoms with Gasteiger partial charge in [-0.3, -0.25) is 4.79 Å². The number of carbonyl (C=O) groups is 1. The molecule has 1 N–H and O–H groups in total. The van der Waals surface area contributed by atoms with Gasteiger partial charge in [-0.15, -0.1) is 0 Å². The third-order valence-corrected chi connectivity index (χ3v) is 5.67. The number of nitrogens with zero attached hydrogens (tertiary/aromatic N) is 2. The van der Waals surface area contributed by atoms with Crippen LogP contribution in [-0.2, 0) is 11.3 Å². The first kappa shape index (κ1) is 18.7. The van der Waals surface area contributed by atoms with Crippen LogP contribution in [0.1, 0.15) is 40.7 Å². The molecule has 28 heavy (non-hydrogen) atoms. The van der Waals surface area contributed by atoms with Crippen LogP contribution in [0.2, 0.25) is 0 Å². The van der Waals surface area contributed by atoms with Crippen molar-refractivity contribution in [1.29, 1.82) is 0 Å². The van der Waals surface area contributed by atoms with Crippen LogP contribution in [0, 0.1) is 5.92 Å². The minimum Gasteiger partial charge on any atom is -0.392 e. The third-order valence-electron chi connectivity index (χ3n) is 5.67. The minimum atomic E-state index is -0.256. The fraction of sp³-hybridized carbons (Fsp3) is 0.391. The lowest BCUT2D eigenvalue weighted by Gasteiger charge is -2.32. The first-order valence-electron chi connectivity index (χ1n) is 10.00. The van der Waals surface area contributed by atoms with Gasteiger partial charge in [-0.1, -0.05) is 47.6 Å². The summed E-state index contributed by atoms with van der Waals surface area (Å²) in [5.74, 6) is 0.747. The highest BCUT2D eigenvalue weighted by Gasteiger charge is 2.25. The minimum absolute atomic E-state index is 0.0379.